The van der Waals surface area contributed by atoms with Crippen LogP contribution in [0.2, 0.25) is 0 Å². The van der Waals surface area contributed by atoms with Crippen molar-refractivity contribution in [1.29, 1.82) is 0 Å². The molecule has 0 fully saturated rings. The van der Waals surface area contributed by atoms with Gasteiger partial charge in [0.25, 0.3) is 0 Å². The van der Waals surface area contributed by atoms with E-state index in [0.29, 0.717) is 17.6 Å². The molecule has 0 bridgehead atoms. The second kappa shape index (κ2) is 6.59. The van der Waals surface area contributed by atoms with Crippen molar-refractivity contribution in [3.8, 4) is 5.88 Å². The number of aromatic nitrogens is 1. The maximum Gasteiger partial charge on any atom is 0.238 e. The Hall–Kier alpha value is -1.10. The molecule has 0 aromatic carbocycles. The monoisotopic (exact) mass is 255 g/mol. The summed E-state index contributed by atoms with van der Waals surface area (Å²) < 4.78 is 5.14. The van der Waals surface area contributed by atoms with Crippen LogP contribution in [0.1, 0.15) is 13.3 Å². The van der Waals surface area contributed by atoms with Gasteiger partial charge in [-0.25, -0.2) is 0 Å². The standard InChI is InChI=1S/C12H21N3OS/c1-5-9(8-17-4)15(2)11-7-6-10(13)12(14-11)16-3/h6-7,9H,5,8,13H2,1-4H3. The smallest absolute Gasteiger partial charge is 0.238 e. The van der Waals surface area contributed by atoms with E-state index in [1.165, 1.54) is 0 Å². The number of ether oxygens (including phenoxy) is 1. The Bertz CT molecular complexity index is 360. The summed E-state index contributed by atoms with van der Waals surface area (Å²) >= 11 is 1.85. The molecule has 0 radical (unpaired) electrons. The molecule has 96 valence electrons. The van der Waals surface area contributed by atoms with Gasteiger partial charge in [-0.2, -0.15) is 16.7 Å². The molecule has 1 aromatic rings. The Morgan fingerprint density at radius 2 is 2.24 bits per heavy atom. The summed E-state index contributed by atoms with van der Waals surface area (Å²) in [7, 11) is 3.64. The fraction of sp³-hybridized carbons (Fsp3) is 0.583. The van der Waals surface area contributed by atoms with Gasteiger partial charge in [0.15, 0.2) is 0 Å². The second-order valence-electron chi connectivity index (χ2n) is 3.90. The number of thioether (sulfide) groups is 1. The molecule has 0 spiro atoms. The van der Waals surface area contributed by atoms with E-state index in [-0.39, 0.29) is 0 Å². The Morgan fingerprint density at radius 3 is 2.76 bits per heavy atom. The maximum absolute atomic E-state index is 5.76. The van der Waals surface area contributed by atoms with E-state index >= 15 is 0 Å². The van der Waals surface area contributed by atoms with E-state index in [1.54, 1.807) is 7.11 Å². The zero-order chi connectivity index (χ0) is 12.8. The molecule has 0 aliphatic heterocycles. The Labute approximate surface area is 108 Å². The summed E-state index contributed by atoms with van der Waals surface area (Å²) in [6.45, 7) is 2.19. The van der Waals surface area contributed by atoms with Gasteiger partial charge in [0.2, 0.25) is 5.88 Å². The number of rotatable bonds is 6. The second-order valence-corrected chi connectivity index (χ2v) is 4.81. The minimum absolute atomic E-state index is 0.478. The van der Waals surface area contributed by atoms with Gasteiger partial charge >= 0.3 is 0 Å². The van der Waals surface area contributed by atoms with Crippen LogP contribution in [0.5, 0.6) is 5.88 Å². The van der Waals surface area contributed by atoms with Crippen molar-refractivity contribution in [2.75, 3.05) is 36.8 Å². The van der Waals surface area contributed by atoms with Crippen LogP contribution in [0.25, 0.3) is 0 Å². The molecule has 1 aromatic heterocycles. The first-order chi connectivity index (χ1) is 8.13. The van der Waals surface area contributed by atoms with Crippen LogP contribution >= 0.6 is 11.8 Å². The first-order valence-corrected chi connectivity index (χ1v) is 7.05. The summed E-state index contributed by atoms with van der Waals surface area (Å²) in [6, 6.07) is 4.25. The molecule has 0 saturated carbocycles. The minimum atomic E-state index is 0.478. The molecule has 1 atom stereocenters. The molecule has 5 heteroatoms. The lowest BCUT2D eigenvalue weighted by Gasteiger charge is -2.28. The number of hydrogen-bond acceptors (Lipinski definition) is 5. The maximum atomic E-state index is 5.76. The van der Waals surface area contributed by atoms with Crippen molar-refractivity contribution in [2.45, 2.75) is 19.4 Å². The van der Waals surface area contributed by atoms with E-state index in [1.807, 2.05) is 23.9 Å². The molecule has 0 saturated heterocycles. The first kappa shape index (κ1) is 14.0. The average molecular weight is 255 g/mol. The zero-order valence-corrected chi connectivity index (χ0v) is 11.8. The molecule has 1 rings (SSSR count). The van der Waals surface area contributed by atoms with E-state index in [4.69, 9.17) is 10.5 Å². The summed E-state index contributed by atoms with van der Waals surface area (Å²) in [6.07, 6.45) is 3.21. The van der Waals surface area contributed by atoms with Crippen LogP contribution in [0.15, 0.2) is 12.1 Å². The van der Waals surface area contributed by atoms with Gasteiger partial charge in [0.1, 0.15) is 5.82 Å². The zero-order valence-electron chi connectivity index (χ0n) is 10.9. The largest absolute Gasteiger partial charge is 0.479 e. The van der Waals surface area contributed by atoms with E-state index in [2.05, 4.69) is 30.1 Å². The van der Waals surface area contributed by atoms with E-state index in [0.717, 1.165) is 18.0 Å². The number of pyridine rings is 1. The molecule has 0 amide bonds. The van der Waals surface area contributed by atoms with Gasteiger partial charge in [-0.3, -0.25) is 0 Å². The van der Waals surface area contributed by atoms with Gasteiger partial charge < -0.3 is 15.4 Å². The topological polar surface area (TPSA) is 51.4 Å². The molecule has 1 unspecified atom stereocenters. The van der Waals surface area contributed by atoms with E-state index in [9.17, 15) is 0 Å². The predicted octanol–water partition coefficient (Wildman–Crippen LogP) is 2.25. The van der Waals surface area contributed by atoms with Gasteiger partial charge in [0, 0.05) is 18.8 Å². The third-order valence-electron chi connectivity index (χ3n) is 2.81. The number of hydrogen-bond donors (Lipinski definition) is 1. The third kappa shape index (κ3) is 3.43. The van der Waals surface area contributed by atoms with Crippen LogP contribution in [0.4, 0.5) is 11.5 Å². The molecule has 4 nitrogen and oxygen atoms in total. The lowest BCUT2D eigenvalue weighted by molar-refractivity contribution is 0.400. The number of nitrogen functional groups attached to an aromatic ring is 1. The number of nitrogens with zero attached hydrogens (tertiary/aromatic N) is 2. The Morgan fingerprint density at radius 1 is 1.53 bits per heavy atom. The molecule has 1 heterocycles. The van der Waals surface area contributed by atoms with Crippen LogP contribution in [-0.2, 0) is 0 Å². The number of nitrogens with two attached hydrogens (primary N) is 1. The minimum Gasteiger partial charge on any atom is -0.479 e. The summed E-state index contributed by atoms with van der Waals surface area (Å²) in [5.74, 6) is 2.48. The Kier molecular flexibility index (Phi) is 5.41. The van der Waals surface area contributed by atoms with Crippen molar-refractivity contribution >= 4 is 23.3 Å². The lowest BCUT2D eigenvalue weighted by atomic mass is 10.2. The lowest BCUT2D eigenvalue weighted by Crippen LogP contribution is -2.33. The SMILES string of the molecule is CCC(CSC)N(C)c1ccc(N)c(OC)n1. The van der Waals surface area contributed by atoms with E-state index < -0.39 is 0 Å². The van der Waals surface area contributed by atoms with Crippen LogP contribution in [0, 0.1) is 0 Å². The molecule has 0 aliphatic rings. The van der Waals surface area contributed by atoms with Crippen molar-refractivity contribution in [3.05, 3.63) is 12.1 Å². The average Bonchev–Trinajstić information content (AvgIpc) is 2.35. The normalized spacial score (nSPS) is 12.2. The predicted molar refractivity (Wildman–Crippen MR) is 76.1 cm³/mol. The molecular formula is C12H21N3OS. The van der Waals surface area contributed by atoms with Crippen LogP contribution in [-0.4, -0.2) is 37.2 Å². The van der Waals surface area contributed by atoms with Crippen LogP contribution < -0.4 is 15.4 Å². The fourth-order valence-corrected chi connectivity index (χ4v) is 2.53. The van der Waals surface area contributed by atoms with Crippen molar-refractivity contribution < 1.29 is 4.74 Å². The highest BCUT2D eigenvalue weighted by atomic mass is 32.2. The van der Waals surface area contributed by atoms with Gasteiger partial charge in [-0.15, -0.1) is 0 Å². The van der Waals surface area contributed by atoms with Crippen molar-refractivity contribution in [1.82, 2.24) is 4.98 Å². The summed E-state index contributed by atoms with van der Waals surface area (Å²) in [5, 5.41) is 0. The first-order valence-electron chi connectivity index (χ1n) is 5.66. The number of methoxy groups -OCH3 is 1. The molecule has 17 heavy (non-hydrogen) atoms. The highest BCUT2D eigenvalue weighted by Gasteiger charge is 2.15. The summed E-state index contributed by atoms with van der Waals surface area (Å²) in [5.41, 5.74) is 6.33. The van der Waals surface area contributed by atoms with Gasteiger partial charge in [-0.05, 0) is 24.8 Å². The van der Waals surface area contributed by atoms with Crippen LogP contribution in [0.3, 0.4) is 0 Å². The Balaban J connectivity index is 2.90. The quantitative estimate of drug-likeness (QED) is 0.845. The van der Waals surface area contributed by atoms with Crippen molar-refractivity contribution in [2.24, 2.45) is 0 Å². The third-order valence-corrected chi connectivity index (χ3v) is 3.53. The number of anilines is 2. The molecule has 2 N–H and O–H groups in total. The summed E-state index contributed by atoms with van der Waals surface area (Å²) in [4.78, 5) is 6.59. The van der Waals surface area contributed by atoms with Crippen molar-refractivity contribution in [3.63, 3.8) is 0 Å². The van der Waals surface area contributed by atoms with Gasteiger partial charge in [-0.1, -0.05) is 6.92 Å². The molecular weight excluding hydrogens is 234 g/mol. The fourth-order valence-electron chi connectivity index (χ4n) is 1.68. The molecule has 0 aliphatic carbocycles. The van der Waals surface area contributed by atoms with Gasteiger partial charge in [0.05, 0.1) is 12.8 Å². The highest BCUT2D eigenvalue weighted by molar-refractivity contribution is 7.98. The highest BCUT2D eigenvalue weighted by Crippen LogP contribution is 2.24.